The van der Waals surface area contributed by atoms with Crippen LogP contribution in [0.2, 0.25) is 0 Å². The first-order valence-electron chi connectivity index (χ1n) is 10.6. The summed E-state index contributed by atoms with van der Waals surface area (Å²) in [6, 6.07) is 13.1. The number of para-hydroxylation sites is 1. The van der Waals surface area contributed by atoms with Crippen molar-refractivity contribution >= 4 is 43.8 Å². The average Bonchev–Trinajstić information content (AvgIpc) is 3.57. The van der Waals surface area contributed by atoms with Crippen LogP contribution in [0.15, 0.2) is 63.3 Å². The van der Waals surface area contributed by atoms with Gasteiger partial charge < -0.3 is 9.32 Å². The number of rotatable bonds is 4. The van der Waals surface area contributed by atoms with Crippen LogP contribution in [-0.4, -0.2) is 56.3 Å². The summed E-state index contributed by atoms with van der Waals surface area (Å²) in [5.41, 5.74) is 1.62. The predicted octanol–water partition coefficient (Wildman–Crippen LogP) is 3.58. The number of carbonyl (C=O) groups excluding carboxylic acids is 1. The Morgan fingerprint density at radius 3 is 2.76 bits per heavy atom. The van der Waals surface area contributed by atoms with E-state index >= 15 is 0 Å². The SMILES string of the molecule is O=C(c1ccc(-c2nc3ccccc3s2)o1)N1CCN(Cc2cc(=O)n3ccsc3n2)CC1. The molecular weight excluding hydrogens is 458 g/mol. The summed E-state index contributed by atoms with van der Waals surface area (Å²) in [6.45, 7) is 3.20. The Labute approximate surface area is 196 Å². The highest BCUT2D eigenvalue weighted by Gasteiger charge is 2.25. The number of fused-ring (bicyclic) bond motifs is 2. The number of piperazine rings is 1. The minimum atomic E-state index is -0.113. The highest BCUT2D eigenvalue weighted by Crippen LogP contribution is 2.31. The van der Waals surface area contributed by atoms with E-state index in [-0.39, 0.29) is 11.5 Å². The van der Waals surface area contributed by atoms with Gasteiger partial charge in [0.25, 0.3) is 11.5 Å². The second-order valence-electron chi connectivity index (χ2n) is 7.86. The highest BCUT2D eigenvalue weighted by molar-refractivity contribution is 7.21. The zero-order valence-electron chi connectivity index (χ0n) is 17.5. The number of furan rings is 1. The van der Waals surface area contributed by atoms with Crippen LogP contribution in [0.3, 0.4) is 0 Å². The number of hydrogen-bond acceptors (Lipinski definition) is 8. The lowest BCUT2D eigenvalue weighted by molar-refractivity contribution is 0.0597. The van der Waals surface area contributed by atoms with E-state index in [0.717, 1.165) is 20.9 Å². The van der Waals surface area contributed by atoms with E-state index in [9.17, 15) is 9.59 Å². The number of benzene rings is 1. The molecule has 8 nitrogen and oxygen atoms in total. The van der Waals surface area contributed by atoms with Gasteiger partial charge in [0, 0.05) is 50.4 Å². The van der Waals surface area contributed by atoms with Crippen LogP contribution in [0.5, 0.6) is 0 Å². The Bertz CT molecular complexity index is 1490. The van der Waals surface area contributed by atoms with Crippen molar-refractivity contribution in [2.75, 3.05) is 26.2 Å². The highest BCUT2D eigenvalue weighted by atomic mass is 32.1. The van der Waals surface area contributed by atoms with Crippen LogP contribution in [-0.2, 0) is 6.54 Å². The lowest BCUT2D eigenvalue weighted by Gasteiger charge is -2.34. The average molecular weight is 478 g/mol. The van der Waals surface area contributed by atoms with Gasteiger partial charge in [-0.1, -0.05) is 12.1 Å². The zero-order valence-corrected chi connectivity index (χ0v) is 19.1. The quantitative estimate of drug-likeness (QED) is 0.393. The van der Waals surface area contributed by atoms with Crippen molar-refractivity contribution in [3.05, 3.63) is 75.8 Å². The molecule has 166 valence electrons. The van der Waals surface area contributed by atoms with Gasteiger partial charge in [0.05, 0.1) is 15.9 Å². The molecule has 0 aliphatic carbocycles. The molecule has 4 aromatic heterocycles. The van der Waals surface area contributed by atoms with Gasteiger partial charge in [-0.2, -0.15) is 0 Å². The van der Waals surface area contributed by atoms with Gasteiger partial charge in [0.2, 0.25) is 0 Å². The maximum absolute atomic E-state index is 13.0. The van der Waals surface area contributed by atoms with E-state index in [2.05, 4.69) is 14.9 Å². The molecule has 0 atom stereocenters. The number of aromatic nitrogens is 3. The fourth-order valence-electron chi connectivity index (χ4n) is 4.01. The molecule has 1 fully saturated rings. The fourth-order valence-corrected chi connectivity index (χ4v) is 5.67. The van der Waals surface area contributed by atoms with E-state index in [1.165, 1.54) is 11.3 Å². The first kappa shape index (κ1) is 20.3. The van der Waals surface area contributed by atoms with Crippen LogP contribution in [0.25, 0.3) is 25.9 Å². The van der Waals surface area contributed by atoms with Gasteiger partial charge >= 0.3 is 0 Å². The summed E-state index contributed by atoms with van der Waals surface area (Å²) >= 11 is 3.00. The fraction of sp³-hybridized carbons (Fsp3) is 0.217. The summed E-state index contributed by atoms with van der Waals surface area (Å²) in [5.74, 6) is 0.827. The lowest BCUT2D eigenvalue weighted by atomic mass is 10.2. The van der Waals surface area contributed by atoms with Crippen molar-refractivity contribution in [1.29, 1.82) is 0 Å². The number of carbonyl (C=O) groups is 1. The van der Waals surface area contributed by atoms with Gasteiger partial charge in [-0.25, -0.2) is 9.97 Å². The number of hydrogen-bond donors (Lipinski definition) is 0. The van der Waals surface area contributed by atoms with Crippen molar-refractivity contribution in [2.24, 2.45) is 0 Å². The third-order valence-electron chi connectivity index (χ3n) is 5.72. The van der Waals surface area contributed by atoms with E-state index in [0.29, 0.717) is 49.2 Å². The number of amides is 1. The van der Waals surface area contributed by atoms with Gasteiger partial charge in [-0.05, 0) is 24.3 Å². The molecule has 5 aromatic rings. The maximum Gasteiger partial charge on any atom is 0.289 e. The van der Waals surface area contributed by atoms with Gasteiger partial charge in [-0.3, -0.25) is 18.9 Å². The molecule has 0 bridgehead atoms. The molecule has 6 rings (SSSR count). The van der Waals surface area contributed by atoms with Crippen molar-refractivity contribution in [2.45, 2.75) is 6.54 Å². The largest absolute Gasteiger partial charge is 0.448 e. The zero-order chi connectivity index (χ0) is 22.4. The number of thiazole rings is 2. The summed E-state index contributed by atoms with van der Waals surface area (Å²) in [7, 11) is 0. The Balaban J connectivity index is 1.11. The van der Waals surface area contributed by atoms with Crippen molar-refractivity contribution < 1.29 is 9.21 Å². The molecule has 0 radical (unpaired) electrons. The number of nitrogens with zero attached hydrogens (tertiary/aromatic N) is 5. The van der Waals surface area contributed by atoms with Gasteiger partial charge in [0.1, 0.15) is 0 Å². The summed E-state index contributed by atoms with van der Waals surface area (Å²) in [6.07, 6.45) is 1.74. The molecule has 0 N–H and O–H groups in total. The third kappa shape index (κ3) is 3.86. The van der Waals surface area contributed by atoms with E-state index in [1.54, 1.807) is 34.1 Å². The summed E-state index contributed by atoms with van der Waals surface area (Å²) < 4.78 is 8.52. The predicted molar refractivity (Wildman–Crippen MR) is 128 cm³/mol. The molecule has 33 heavy (non-hydrogen) atoms. The molecule has 1 aliphatic heterocycles. The van der Waals surface area contributed by atoms with Crippen LogP contribution in [0.1, 0.15) is 16.2 Å². The van der Waals surface area contributed by atoms with Crippen molar-refractivity contribution in [1.82, 2.24) is 24.2 Å². The van der Waals surface area contributed by atoms with E-state index < -0.39 is 0 Å². The van der Waals surface area contributed by atoms with Crippen molar-refractivity contribution in [3.8, 4) is 10.8 Å². The Hall–Kier alpha value is -3.34. The van der Waals surface area contributed by atoms with Gasteiger partial charge in [-0.15, -0.1) is 22.7 Å². The van der Waals surface area contributed by atoms with E-state index in [1.807, 2.05) is 40.6 Å². The van der Waals surface area contributed by atoms with Crippen LogP contribution in [0, 0.1) is 0 Å². The molecule has 1 saturated heterocycles. The Morgan fingerprint density at radius 1 is 1.06 bits per heavy atom. The topological polar surface area (TPSA) is 84.0 Å². The molecule has 1 aliphatic rings. The first-order chi connectivity index (χ1) is 16.1. The molecule has 1 aromatic carbocycles. The molecule has 0 spiro atoms. The monoisotopic (exact) mass is 477 g/mol. The maximum atomic E-state index is 13.0. The Morgan fingerprint density at radius 2 is 1.91 bits per heavy atom. The summed E-state index contributed by atoms with van der Waals surface area (Å²) in [5, 5.41) is 2.63. The van der Waals surface area contributed by atoms with E-state index in [4.69, 9.17) is 4.42 Å². The molecule has 1 amide bonds. The Kier molecular flexibility index (Phi) is 5.05. The van der Waals surface area contributed by atoms with Crippen LogP contribution >= 0.6 is 22.7 Å². The minimum absolute atomic E-state index is 0.0631. The minimum Gasteiger partial charge on any atom is -0.448 e. The van der Waals surface area contributed by atoms with Crippen LogP contribution < -0.4 is 5.56 Å². The molecule has 0 saturated carbocycles. The smallest absolute Gasteiger partial charge is 0.289 e. The second-order valence-corrected chi connectivity index (χ2v) is 9.76. The summed E-state index contributed by atoms with van der Waals surface area (Å²) in [4.78, 5) is 39.1. The third-order valence-corrected chi connectivity index (χ3v) is 7.53. The first-order valence-corrected chi connectivity index (χ1v) is 12.3. The lowest BCUT2D eigenvalue weighted by Crippen LogP contribution is -2.48. The standard InChI is InChI=1S/C23H19N5O3S2/c29-20-13-15(24-23-28(20)11-12-32-23)14-26-7-9-27(10-8-26)22(30)18-6-5-17(31-18)21-25-16-3-1-2-4-19(16)33-21/h1-6,11-13H,7-10,14H2. The molecule has 5 heterocycles. The molecule has 0 unspecified atom stereocenters. The second kappa shape index (κ2) is 8.22. The normalized spacial score (nSPS) is 15.0. The van der Waals surface area contributed by atoms with Gasteiger partial charge in [0.15, 0.2) is 21.5 Å². The van der Waals surface area contributed by atoms with Crippen LogP contribution in [0.4, 0.5) is 0 Å². The molecular formula is C23H19N5O3S2. The molecule has 10 heteroatoms. The van der Waals surface area contributed by atoms with Crippen molar-refractivity contribution in [3.63, 3.8) is 0 Å².